The fraction of sp³-hybridized carbons (Fsp3) is 0.324. The van der Waals surface area contributed by atoms with Crippen molar-refractivity contribution in [2.45, 2.75) is 34.9 Å². The van der Waals surface area contributed by atoms with E-state index in [2.05, 4.69) is 15.4 Å². The molecule has 0 aliphatic carbocycles. The summed E-state index contributed by atoms with van der Waals surface area (Å²) in [5.74, 6) is -0.445. The summed E-state index contributed by atoms with van der Waals surface area (Å²) in [5, 5.41) is 15.0. The summed E-state index contributed by atoms with van der Waals surface area (Å²) in [6.45, 7) is 1.25. The molecule has 0 radical (unpaired) electrons. The number of urea groups is 1. The SMILES string of the molecule is N#Cc1ccc(C2NC(=O)N(c3cccc(C(F)(F)F)c3)C3=C2C(=O)N(CCNCCNS(=O)(=O)c2ccc(S(=O)(=O)N4CCCC4)cc2)C3)cc1. The van der Waals surface area contributed by atoms with Gasteiger partial charge < -0.3 is 15.5 Å². The first-order chi connectivity index (χ1) is 24.7. The topological polar surface area (TPSA) is 172 Å². The number of amides is 3. The van der Waals surface area contributed by atoms with E-state index < -0.39 is 49.8 Å². The molecule has 0 aromatic heterocycles. The number of carbonyl (C=O) groups is 2. The Morgan fingerprint density at radius 3 is 2.21 bits per heavy atom. The highest BCUT2D eigenvalue weighted by Gasteiger charge is 2.45. The second kappa shape index (κ2) is 14.7. The van der Waals surface area contributed by atoms with Gasteiger partial charge in [0.2, 0.25) is 20.0 Å². The molecule has 52 heavy (non-hydrogen) atoms. The van der Waals surface area contributed by atoms with E-state index in [4.69, 9.17) is 0 Å². The van der Waals surface area contributed by atoms with Crippen molar-refractivity contribution in [1.82, 2.24) is 24.6 Å². The molecule has 3 aliphatic heterocycles. The molecule has 3 aromatic carbocycles. The van der Waals surface area contributed by atoms with Crippen molar-refractivity contribution in [1.29, 1.82) is 5.26 Å². The lowest BCUT2D eigenvalue weighted by molar-refractivity contribution is -0.137. The fourth-order valence-corrected chi connectivity index (χ4v) is 8.88. The molecule has 6 rings (SSSR count). The number of carbonyl (C=O) groups excluding carboxylic acids is 2. The normalized spacial score (nSPS) is 18.5. The number of anilines is 1. The van der Waals surface area contributed by atoms with Crippen molar-refractivity contribution >= 4 is 37.7 Å². The van der Waals surface area contributed by atoms with Crippen LogP contribution in [-0.2, 0) is 31.0 Å². The molecule has 1 atom stereocenters. The van der Waals surface area contributed by atoms with Crippen LogP contribution in [-0.4, -0.2) is 83.8 Å². The van der Waals surface area contributed by atoms with E-state index in [1.54, 1.807) is 12.1 Å². The number of nitrogens with zero attached hydrogens (tertiary/aromatic N) is 4. The quantitative estimate of drug-likeness (QED) is 0.236. The zero-order chi connectivity index (χ0) is 37.3. The van der Waals surface area contributed by atoms with Crippen molar-refractivity contribution in [2.24, 2.45) is 0 Å². The maximum absolute atomic E-state index is 13.8. The summed E-state index contributed by atoms with van der Waals surface area (Å²) in [5.41, 5.74) is 0.230. The van der Waals surface area contributed by atoms with Crippen LogP contribution in [0.25, 0.3) is 0 Å². The first-order valence-corrected chi connectivity index (χ1v) is 19.2. The van der Waals surface area contributed by atoms with E-state index in [-0.39, 0.29) is 59.5 Å². The van der Waals surface area contributed by atoms with E-state index in [1.165, 1.54) is 57.7 Å². The van der Waals surface area contributed by atoms with Crippen LogP contribution in [0.2, 0.25) is 0 Å². The molecule has 0 saturated carbocycles. The maximum atomic E-state index is 13.8. The summed E-state index contributed by atoms with van der Waals surface area (Å²) in [6.07, 6.45) is -3.11. The number of rotatable bonds is 12. The van der Waals surface area contributed by atoms with Gasteiger partial charge in [-0.3, -0.25) is 9.69 Å². The molecular formula is C34H34F3N7O6S2. The van der Waals surface area contributed by atoms with Gasteiger partial charge in [0.25, 0.3) is 5.91 Å². The lowest BCUT2D eigenvalue weighted by Gasteiger charge is -2.33. The van der Waals surface area contributed by atoms with Crippen LogP contribution in [0, 0.1) is 11.3 Å². The van der Waals surface area contributed by atoms with Crippen molar-refractivity contribution in [3.8, 4) is 6.07 Å². The van der Waals surface area contributed by atoms with Crippen LogP contribution in [0.4, 0.5) is 23.7 Å². The number of sulfonamides is 2. The summed E-state index contributed by atoms with van der Waals surface area (Å²) >= 11 is 0. The zero-order valence-corrected chi connectivity index (χ0v) is 29.2. The fourth-order valence-electron chi connectivity index (χ4n) is 6.34. The molecular weight excluding hydrogens is 724 g/mol. The Morgan fingerprint density at radius 1 is 0.885 bits per heavy atom. The summed E-state index contributed by atoms with van der Waals surface area (Å²) in [7, 11) is -7.65. The van der Waals surface area contributed by atoms with Crippen LogP contribution >= 0.6 is 0 Å². The molecule has 1 fully saturated rings. The van der Waals surface area contributed by atoms with Gasteiger partial charge in [-0.2, -0.15) is 22.7 Å². The molecule has 0 spiro atoms. The Labute approximate surface area is 298 Å². The van der Waals surface area contributed by atoms with E-state index >= 15 is 0 Å². The molecule has 1 unspecified atom stereocenters. The average molecular weight is 758 g/mol. The summed E-state index contributed by atoms with van der Waals surface area (Å²) in [4.78, 5) is 29.7. The highest BCUT2D eigenvalue weighted by Crippen LogP contribution is 2.40. The highest BCUT2D eigenvalue weighted by molar-refractivity contribution is 7.89. The Bertz CT molecular complexity index is 2150. The Morgan fingerprint density at radius 2 is 1.56 bits per heavy atom. The van der Waals surface area contributed by atoms with E-state index in [0.717, 1.165) is 29.9 Å². The molecule has 18 heteroatoms. The second-order valence-corrected chi connectivity index (χ2v) is 16.0. The smallest absolute Gasteiger partial charge is 0.332 e. The van der Waals surface area contributed by atoms with Crippen LogP contribution in [0.5, 0.6) is 0 Å². The van der Waals surface area contributed by atoms with Crippen molar-refractivity contribution < 1.29 is 39.6 Å². The zero-order valence-electron chi connectivity index (χ0n) is 27.6. The molecule has 0 bridgehead atoms. The van der Waals surface area contributed by atoms with Gasteiger partial charge in [-0.15, -0.1) is 0 Å². The molecule has 1 saturated heterocycles. The third-order valence-corrected chi connectivity index (χ3v) is 12.4. The Hall–Kier alpha value is -4.80. The predicted molar refractivity (Wildman–Crippen MR) is 182 cm³/mol. The minimum absolute atomic E-state index is 0.0176. The van der Waals surface area contributed by atoms with Gasteiger partial charge in [-0.25, -0.2) is 26.4 Å². The van der Waals surface area contributed by atoms with Crippen molar-refractivity contribution in [3.63, 3.8) is 0 Å². The van der Waals surface area contributed by atoms with Gasteiger partial charge >= 0.3 is 12.2 Å². The van der Waals surface area contributed by atoms with E-state index in [1.807, 2.05) is 6.07 Å². The van der Waals surface area contributed by atoms with E-state index in [9.17, 15) is 44.9 Å². The number of hydrogen-bond donors (Lipinski definition) is 3. The third kappa shape index (κ3) is 7.54. The number of benzene rings is 3. The van der Waals surface area contributed by atoms with Crippen molar-refractivity contribution in [2.75, 3.05) is 50.7 Å². The standard InChI is InChI=1S/C34H34F3N7O6S2/c35-34(36,37)25-4-3-5-26(20-25)44-29-22-42(32(45)30(29)31(41-33(44)46)24-8-6-23(21-38)7-9-24)19-16-39-14-15-40-51(47,48)27-10-12-28(13-11-27)52(49,50)43-17-1-2-18-43/h3-13,20,31,39-40H,1-2,14-19,22H2,(H,41,46). The molecule has 3 N–H and O–H groups in total. The predicted octanol–water partition coefficient (Wildman–Crippen LogP) is 3.30. The number of alkyl halides is 3. The van der Waals surface area contributed by atoms with Gasteiger partial charge in [0.1, 0.15) is 0 Å². The van der Waals surface area contributed by atoms with Crippen LogP contribution < -0.4 is 20.3 Å². The molecule has 3 aromatic rings. The minimum atomic E-state index is -4.66. The Balaban J connectivity index is 1.10. The lowest BCUT2D eigenvalue weighted by atomic mass is 9.94. The van der Waals surface area contributed by atoms with Gasteiger partial charge in [0.15, 0.2) is 0 Å². The van der Waals surface area contributed by atoms with Crippen LogP contribution in [0.1, 0.15) is 35.6 Å². The first-order valence-electron chi connectivity index (χ1n) is 16.3. The average Bonchev–Trinajstić information content (AvgIpc) is 3.79. The maximum Gasteiger partial charge on any atom is 0.416 e. The first kappa shape index (κ1) is 37.0. The number of halogens is 3. The molecule has 3 heterocycles. The van der Waals surface area contributed by atoms with E-state index in [0.29, 0.717) is 24.2 Å². The third-order valence-electron chi connectivity index (χ3n) is 8.99. The lowest BCUT2D eigenvalue weighted by Crippen LogP contribution is -2.47. The van der Waals surface area contributed by atoms with Gasteiger partial charge in [0.05, 0.1) is 56.5 Å². The van der Waals surface area contributed by atoms with Crippen LogP contribution in [0.3, 0.4) is 0 Å². The molecule has 3 aliphatic rings. The minimum Gasteiger partial charge on any atom is -0.332 e. The van der Waals surface area contributed by atoms with Gasteiger partial charge in [0, 0.05) is 39.3 Å². The number of nitrogens with one attached hydrogen (secondary N) is 3. The van der Waals surface area contributed by atoms with Gasteiger partial charge in [-0.05, 0) is 73.0 Å². The molecule has 3 amide bonds. The highest BCUT2D eigenvalue weighted by atomic mass is 32.2. The monoisotopic (exact) mass is 757 g/mol. The summed E-state index contributed by atoms with van der Waals surface area (Å²) in [6, 6.07) is 15.9. The molecule has 13 nitrogen and oxygen atoms in total. The number of nitriles is 1. The summed E-state index contributed by atoms with van der Waals surface area (Å²) < 4.78 is 95.7. The van der Waals surface area contributed by atoms with Gasteiger partial charge in [-0.1, -0.05) is 18.2 Å². The molecule has 274 valence electrons. The Kier molecular flexibility index (Phi) is 10.4. The van der Waals surface area contributed by atoms with Crippen LogP contribution in [0.15, 0.2) is 93.9 Å². The second-order valence-electron chi connectivity index (χ2n) is 12.3. The van der Waals surface area contributed by atoms with Crippen molar-refractivity contribution in [3.05, 3.63) is 101 Å². The number of hydrogen-bond acceptors (Lipinski definition) is 8. The largest absolute Gasteiger partial charge is 0.416 e.